The summed E-state index contributed by atoms with van der Waals surface area (Å²) in [6.45, 7) is 4.21. The number of aliphatic hydroxyl groups is 1. The molecule has 1 aromatic rings. The molecule has 0 saturated carbocycles. The summed E-state index contributed by atoms with van der Waals surface area (Å²) in [5, 5.41) is 13.1. The van der Waals surface area contributed by atoms with Crippen LogP contribution in [0.5, 0.6) is 0 Å². The number of rotatable bonds is 4. The SMILES string of the molecule is CCCC(C)C(O)c1ccc2c(c1)CCC(=O)N2. The molecule has 98 valence electrons. The summed E-state index contributed by atoms with van der Waals surface area (Å²) < 4.78 is 0. The van der Waals surface area contributed by atoms with Gasteiger partial charge in [-0.05, 0) is 36.0 Å². The van der Waals surface area contributed by atoms with E-state index in [1.165, 1.54) is 0 Å². The van der Waals surface area contributed by atoms with Crippen LogP contribution in [0, 0.1) is 5.92 Å². The first kappa shape index (κ1) is 13.1. The maximum absolute atomic E-state index is 11.3. The molecule has 1 aliphatic heterocycles. The first-order valence-electron chi connectivity index (χ1n) is 6.72. The van der Waals surface area contributed by atoms with E-state index < -0.39 is 6.10 Å². The number of nitrogens with one attached hydrogen (secondary N) is 1. The van der Waals surface area contributed by atoms with Crippen LogP contribution in [0.15, 0.2) is 18.2 Å². The highest BCUT2D eigenvalue weighted by molar-refractivity contribution is 5.93. The number of fused-ring (bicyclic) bond motifs is 1. The highest BCUT2D eigenvalue weighted by Gasteiger charge is 2.19. The number of aliphatic hydroxyl groups excluding tert-OH is 1. The van der Waals surface area contributed by atoms with Gasteiger partial charge in [0.2, 0.25) is 5.91 Å². The second-order valence-electron chi connectivity index (χ2n) is 5.18. The first-order chi connectivity index (χ1) is 8.61. The highest BCUT2D eigenvalue weighted by atomic mass is 16.3. The molecule has 0 spiro atoms. The summed E-state index contributed by atoms with van der Waals surface area (Å²) in [5.41, 5.74) is 2.99. The largest absolute Gasteiger partial charge is 0.388 e. The summed E-state index contributed by atoms with van der Waals surface area (Å²) in [7, 11) is 0. The van der Waals surface area contributed by atoms with Crippen LogP contribution in [0.1, 0.15) is 50.3 Å². The van der Waals surface area contributed by atoms with E-state index in [4.69, 9.17) is 0 Å². The maximum Gasteiger partial charge on any atom is 0.224 e. The van der Waals surface area contributed by atoms with Gasteiger partial charge in [-0.2, -0.15) is 0 Å². The Labute approximate surface area is 108 Å². The van der Waals surface area contributed by atoms with Crippen LogP contribution >= 0.6 is 0 Å². The smallest absolute Gasteiger partial charge is 0.224 e. The van der Waals surface area contributed by atoms with Crippen LogP contribution in [-0.2, 0) is 11.2 Å². The molecular formula is C15H21NO2. The molecule has 3 heteroatoms. The maximum atomic E-state index is 11.3. The molecule has 0 radical (unpaired) electrons. The molecule has 0 saturated heterocycles. The van der Waals surface area contributed by atoms with Crippen molar-refractivity contribution in [1.29, 1.82) is 0 Å². The number of benzene rings is 1. The van der Waals surface area contributed by atoms with Crippen LogP contribution in [0.2, 0.25) is 0 Å². The monoisotopic (exact) mass is 247 g/mol. The number of carbonyl (C=O) groups is 1. The third-order valence-electron chi connectivity index (χ3n) is 3.65. The minimum Gasteiger partial charge on any atom is -0.388 e. The van der Waals surface area contributed by atoms with E-state index in [1.54, 1.807) is 0 Å². The van der Waals surface area contributed by atoms with Gasteiger partial charge in [0.25, 0.3) is 0 Å². The lowest BCUT2D eigenvalue weighted by molar-refractivity contribution is -0.116. The van der Waals surface area contributed by atoms with Gasteiger partial charge >= 0.3 is 0 Å². The number of aryl methyl sites for hydroxylation is 1. The fraction of sp³-hybridized carbons (Fsp3) is 0.533. The molecule has 2 atom stereocenters. The molecule has 0 aliphatic carbocycles. The van der Waals surface area contributed by atoms with Gasteiger partial charge in [-0.15, -0.1) is 0 Å². The van der Waals surface area contributed by atoms with Crippen LogP contribution in [-0.4, -0.2) is 11.0 Å². The summed E-state index contributed by atoms with van der Waals surface area (Å²) >= 11 is 0. The lowest BCUT2D eigenvalue weighted by Crippen LogP contribution is -2.19. The van der Waals surface area contributed by atoms with E-state index >= 15 is 0 Å². The van der Waals surface area contributed by atoms with E-state index in [2.05, 4.69) is 19.2 Å². The van der Waals surface area contributed by atoms with Crippen molar-refractivity contribution in [1.82, 2.24) is 0 Å². The number of carbonyl (C=O) groups excluding carboxylic acids is 1. The number of amides is 1. The van der Waals surface area contributed by atoms with Crippen LogP contribution in [0.4, 0.5) is 5.69 Å². The van der Waals surface area contributed by atoms with Crippen molar-refractivity contribution in [3.05, 3.63) is 29.3 Å². The van der Waals surface area contributed by atoms with Gasteiger partial charge in [-0.25, -0.2) is 0 Å². The predicted molar refractivity (Wildman–Crippen MR) is 72.4 cm³/mol. The highest BCUT2D eigenvalue weighted by Crippen LogP contribution is 2.30. The standard InChI is InChI=1S/C15H21NO2/c1-3-4-10(2)15(18)12-5-7-13-11(9-12)6-8-14(17)16-13/h5,7,9-10,15,18H,3-4,6,8H2,1-2H3,(H,16,17). The van der Waals surface area contributed by atoms with Crippen molar-refractivity contribution >= 4 is 11.6 Å². The topological polar surface area (TPSA) is 49.3 Å². The van der Waals surface area contributed by atoms with E-state index in [-0.39, 0.29) is 11.8 Å². The predicted octanol–water partition coefficient (Wildman–Crippen LogP) is 3.04. The average molecular weight is 247 g/mol. The molecule has 3 nitrogen and oxygen atoms in total. The minimum absolute atomic E-state index is 0.0788. The van der Waals surface area contributed by atoms with E-state index in [9.17, 15) is 9.90 Å². The molecule has 0 fully saturated rings. The van der Waals surface area contributed by atoms with Gasteiger partial charge in [-0.3, -0.25) is 4.79 Å². The van der Waals surface area contributed by atoms with Crippen molar-refractivity contribution in [3.8, 4) is 0 Å². The van der Waals surface area contributed by atoms with Crippen LogP contribution in [0.25, 0.3) is 0 Å². The Bertz CT molecular complexity index is 442. The Balaban J connectivity index is 2.18. The van der Waals surface area contributed by atoms with Gasteiger partial charge in [0.1, 0.15) is 0 Å². The van der Waals surface area contributed by atoms with Gasteiger partial charge in [0, 0.05) is 12.1 Å². The van der Waals surface area contributed by atoms with Crippen LogP contribution in [0.3, 0.4) is 0 Å². The Morgan fingerprint density at radius 2 is 2.17 bits per heavy atom. The third kappa shape index (κ3) is 2.72. The summed E-state index contributed by atoms with van der Waals surface area (Å²) in [6, 6.07) is 5.86. The Hall–Kier alpha value is -1.35. The third-order valence-corrected chi connectivity index (χ3v) is 3.65. The molecule has 0 aromatic heterocycles. The zero-order chi connectivity index (χ0) is 13.1. The summed E-state index contributed by atoms with van der Waals surface area (Å²) in [5.74, 6) is 0.349. The summed E-state index contributed by atoms with van der Waals surface area (Å²) in [4.78, 5) is 11.3. The molecule has 1 aliphatic rings. The molecule has 1 amide bonds. The average Bonchev–Trinajstić information content (AvgIpc) is 2.37. The van der Waals surface area contributed by atoms with Crippen molar-refractivity contribution in [2.75, 3.05) is 5.32 Å². The Morgan fingerprint density at radius 1 is 1.39 bits per heavy atom. The normalized spacial score (nSPS) is 17.8. The fourth-order valence-electron chi connectivity index (χ4n) is 2.53. The zero-order valence-electron chi connectivity index (χ0n) is 11.1. The molecule has 1 heterocycles. The van der Waals surface area contributed by atoms with Crippen LogP contribution < -0.4 is 5.32 Å². The van der Waals surface area contributed by atoms with E-state index in [0.29, 0.717) is 6.42 Å². The number of hydrogen-bond acceptors (Lipinski definition) is 2. The number of hydrogen-bond donors (Lipinski definition) is 2. The molecule has 0 bridgehead atoms. The van der Waals surface area contributed by atoms with Crippen molar-refractivity contribution in [2.24, 2.45) is 5.92 Å². The second kappa shape index (κ2) is 5.53. The van der Waals surface area contributed by atoms with Gasteiger partial charge in [0.05, 0.1) is 6.10 Å². The van der Waals surface area contributed by atoms with Gasteiger partial charge < -0.3 is 10.4 Å². The lowest BCUT2D eigenvalue weighted by Gasteiger charge is -2.22. The quantitative estimate of drug-likeness (QED) is 0.859. The zero-order valence-corrected chi connectivity index (χ0v) is 11.1. The van der Waals surface area contributed by atoms with Gasteiger partial charge in [0.15, 0.2) is 0 Å². The molecule has 1 aromatic carbocycles. The Morgan fingerprint density at radius 3 is 2.89 bits per heavy atom. The van der Waals surface area contributed by atoms with Crippen molar-refractivity contribution < 1.29 is 9.90 Å². The summed E-state index contributed by atoms with van der Waals surface area (Å²) in [6.07, 6.45) is 3.00. The van der Waals surface area contributed by atoms with E-state index in [0.717, 1.165) is 36.1 Å². The molecule has 2 rings (SSSR count). The van der Waals surface area contributed by atoms with E-state index in [1.807, 2.05) is 18.2 Å². The van der Waals surface area contributed by atoms with Gasteiger partial charge in [-0.1, -0.05) is 32.4 Å². The number of anilines is 1. The van der Waals surface area contributed by atoms with Crippen molar-refractivity contribution in [3.63, 3.8) is 0 Å². The minimum atomic E-state index is -0.409. The van der Waals surface area contributed by atoms with Crippen molar-refractivity contribution in [2.45, 2.75) is 45.6 Å². The molecule has 2 unspecified atom stereocenters. The first-order valence-corrected chi connectivity index (χ1v) is 6.72. The molecule has 2 N–H and O–H groups in total. The second-order valence-corrected chi connectivity index (χ2v) is 5.18. The molecular weight excluding hydrogens is 226 g/mol. The fourth-order valence-corrected chi connectivity index (χ4v) is 2.53. The lowest BCUT2D eigenvalue weighted by atomic mass is 9.91. The molecule has 18 heavy (non-hydrogen) atoms. The Kier molecular flexibility index (Phi) is 4.02.